The third-order valence-electron chi connectivity index (χ3n) is 4.97. The number of amides is 2. The number of benzene rings is 3. The molecule has 7 nitrogen and oxygen atoms in total. The van der Waals surface area contributed by atoms with Gasteiger partial charge in [0, 0.05) is 11.1 Å². The van der Waals surface area contributed by atoms with Gasteiger partial charge in [0.05, 0.1) is 24.1 Å². The summed E-state index contributed by atoms with van der Waals surface area (Å²) in [5.41, 5.74) is 1.82. The molecule has 34 heavy (non-hydrogen) atoms. The van der Waals surface area contributed by atoms with Crippen LogP contribution in [0.1, 0.15) is 32.0 Å². The normalized spacial score (nSPS) is 10.4. The van der Waals surface area contributed by atoms with Crippen LogP contribution in [0.3, 0.4) is 0 Å². The van der Waals surface area contributed by atoms with E-state index in [0.29, 0.717) is 33.9 Å². The van der Waals surface area contributed by atoms with Gasteiger partial charge in [0.2, 0.25) is 0 Å². The summed E-state index contributed by atoms with van der Waals surface area (Å²) in [5, 5.41) is 5.46. The number of anilines is 1. The number of hydrogen-bond donors (Lipinski definition) is 2. The third-order valence-corrected chi connectivity index (χ3v) is 4.97. The molecule has 0 fully saturated rings. The maximum absolute atomic E-state index is 12.5. The van der Waals surface area contributed by atoms with Crippen molar-refractivity contribution in [2.24, 2.45) is 0 Å². The van der Waals surface area contributed by atoms with Crippen LogP contribution in [0.25, 0.3) is 0 Å². The molecule has 3 aromatic carbocycles. The Morgan fingerprint density at radius 2 is 1.47 bits per heavy atom. The SMILES string of the molecule is O=C(COc1ccc(C(=O)c2ccccc2)cc1)Nc1ccccc1C(=O)NCc1ccco1. The molecule has 1 heterocycles. The molecule has 0 aliphatic carbocycles. The lowest BCUT2D eigenvalue weighted by atomic mass is 10.0. The number of nitrogens with one attached hydrogen (secondary N) is 2. The molecular formula is C27H22N2O5. The van der Waals surface area contributed by atoms with Crippen LogP contribution in [0, 0.1) is 0 Å². The van der Waals surface area contributed by atoms with E-state index in [9.17, 15) is 14.4 Å². The second-order valence-electron chi connectivity index (χ2n) is 7.36. The van der Waals surface area contributed by atoms with Gasteiger partial charge in [-0.15, -0.1) is 0 Å². The molecular weight excluding hydrogens is 432 g/mol. The topological polar surface area (TPSA) is 97.6 Å². The molecule has 0 aliphatic heterocycles. The number of rotatable bonds is 9. The lowest BCUT2D eigenvalue weighted by Crippen LogP contribution is -2.26. The van der Waals surface area contributed by atoms with Gasteiger partial charge >= 0.3 is 0 Å². The molecule has 4 rings (SSSR count). The van der Waals surface area contributed by atoms with Gasteiger partial charge in [-0.3, -0.25) is 14.4 Å². The summed E-state index contributed by atoms with van der Waals surface area (Å²) in [4.78, 5) is 37.5. The van der Waals surface area contributed by atoms with Crippen LogP contribution in [-0.4, -0.2) is 24.2 Å². The van der Waals surface area contributed by atoms with Crippen molar-refractivity contribution < 1.29 is 23.5 Å². The van der Waals surface area contributed by atoms with Crippen LogP contribution in [-0.2, 0) is 11.3 Å². The smallest absolute Gasteiger partial charge is 0.262 e. The van der Waals surface area contributed by atoms with E-state index in [2.05, 4.69) is 10.6 Å². The van der Waals surface area contributed by atoms with E-state index in [-0.39, 0.29) is 24.8 Å². The van der Waals surface area contributed by atoms with Gasteiger partial charge < -0.3 is 19.8 Å². The van der Waals surface area contributed by atoms with Crippen molar-refractivity contribution in [3.05, 3.63) is 120 Å². The fourth-order valence-corrected chi connectivity index (χ4v) is 3.26. The van der Waals surface area contributed by atoms with Crippen molar-refractivity contribution in [3.63, 3.8) is 0 Å². The Kier molecular flexibility index (Phi) is 7.15. The van der Waals surface area contributed by atoms with E-state index >= 15 is 0 Å². The first kappa shape index (κ1) is 22.5. The van der Waals surface area contributed by atoms with E-state index in [0.717, 1.165) is 0 Å². The maximum atomic E-state index is 12.5. The van der Waals surface area contributed by atoms with Crippen molar-refractivity contribution in [1.82, 2.24) is 5.32 Å². The molecule has 0 aliphatic rings. The van der Waals surface area contributed by atoms with Crippen LogP contribution >= 0.6 is 0 Å². The summed E-state index contributed by atoms with van der Waals surface area (Å²) in [6, 6.07) is 25.8. The van der Waals surface area contributed by atoms with Gasteiger partial charge in [0.1, 0.15) is 11.5 Å². The van der Waals surface area contributed by atoms with Gasteiger partial charge in [-0.05, 0) is 48.5 Å². The Morgan fingerprint density at radius 1 is 0.765 bits per heavy atom. The average Bonchev–Trinajstić information content (AvgIpc) is 3.41. The Balaban J connectivity index is 1.32. The average molecular weight is 454 g/mol. The lowest BCUT2D eigenvalue weighted by Gasteiger charge is -2.12. The first-order chi connectivity index (χ1) is 16.6. The summed E-state index contributed by atoms with van der Waals surface area (Å²) >= 11 is 0. The third kappa shape index (κ3) is 5.77. The van der Waals surface area contributed by atoms with Gasteiger partial charge in [-0.25, -0.2) is 0 Å². The number of furan rings is 1. The fourth-order valence-electron chi connectivity index (χ4n) is 3.26. The number of ketones is 1. The zero-order valence-corrected chi connectivity index (χ0v) is 18.2. The Morgan fingerprint density at radius 3 is 2.21 bits per heavy atom. The number of carbonyl (C=O) groups excluding carboxylic acids is 3. The molecule has 0 unspecified atom stereocenters. The van der Waals surface area contributed by atoms with Gasteiger partial charge in [-0.1, -0.05) is 42.5 Å². The molecule has 2 amide bonds. The zero-order valence-electron chi connectivity index (χ0n) is 18.2. The molecule has 7 heteroatoms. The molecule has 0 saturated heterocycles. The number of carbonyl (C=O) groups is 3. The van der Waals surface area contributed by atoms with E-state index < -0.39 is 5.91 Å². The maximum Gasteiger partial charge on any atom is 0.262 e. The molecule has 170 valence electrons. The zero-order chi connectivity index (χ0) is 23.8. The van der Waals surface area contributed by atoms with Crippen molar-refractivity contribution in [2.45, 2.75) is 6.54 Å². The predicted molar refractivity (Wildman–Crippen MR) is 127 cm³/mol. The standard InChI is InChI=1S/C27H22N2O5/c30-25(18-34-21-14-12-20(13-15-21)26(31)19-7-2-1-3-8-19)29-24-11-5-4-10-23(24)27(32)28-17-22-9-6-16-33-22/h1-16H,17-18H2,(H,28,32)(H,29,30). The largest absolute Gasteiger partial charge is 0.484 e. The van der Waals surface area contributed by atoms with Gasteiger partial charge in [-0.2, -0.15) is 0 Å². The van der Waals surface area contributed by atoms with Crippen LogP contribution < -0.4 is 15.4 Å². The van der Waals surface area contributed by atoms with Crippen molar-refractivity contribution in [3.8, 4) is 5.75 Å². The van der Waals surface area contributed by atoms with Crippen LogP contribution in [0.4, 0.5) is 5.69 Å². The van der Waals surface area contributed by atoms with Crippen molar-refractivity contribution in [1.29, 1.82) is 0 Å². The summed E-state index contributed by atoms with van der Waals surface area (Å²) in [5.74, 6) is 0.221. The highest BCUT2D eigenvalue weighted by Gasteiger charge is 2.14. The number of hydrogen-bond acceptors (Lipinski definition) is 5. The first-order valence-corrected chi connectivity index (χ1v) is 10.6. The minimum atomic E-state index is -0.421. The highest BCUT2D eigenvalue weighted by atomic mass is 16.5. The van der Waals surface area contributed by atoms with Crippen molar-refractivity contribution >= 4 is 23.3 Å². The first-order valence-electron chi connectivity index (χ1n) is 10.6. The summed E-state index contributed by atoms with van der Waals surface area (Å²) in [6.45, 7) is -0.0195. The molecule has 2 N–H and O–H groups in total. The predicted octanol–water partition coefficient (Wildman–Crippen LogP) is 4.46. The molecule has 0 bridgehead atoms. The van der Waals surface area contributed by atoms with Crippen LogP contribution in [0.2, 0.25) is 0 Å². The molecule has 0 saturated carbocycles. The minimum Gasteiger partial charge on any atom is -0.484 e. The Hall–Kier alpha value is -4.65. The van der Waals surface area contributed by atoms with Crippen LogP contribution in [0.15, 0.2) is 102 Å². The number of para-hydroxylation sites is 1. The summed E-state index contributed by atoms with van der Waals surface area (Å²) in [7, 11) is 0. The van der Waals surface area contributed by atoms with E-state index in [1.54, 1.807) is 72.8 Å². The van der Waals surface area contributed by atoms with Crippen molar-refractivity contribution in [2.75, 3.05) is 11.9 Å². The minimum absolute atomic E-state index is 0.0909. The van der Waals surface area contributed by atoms with E-state index in [4.69, 9.17) is 9.15 Å². The van der Waals surface area contributed by atoms with Gasteiger partial charge in [0.25, 0.3) is 11.8 Å². The highest BCUT2D eigenvalue weighted by Crippen LogP contribution is 2.17. The molecule has 0 radical (unpaired) electrons. The number of ether oxygens (including phenoxy) is 1. The van der Waals surface area contributed by atoms with E-state index in [1.165, 1.54) is 6.26 Å². The quantitative estimate of drug-likeness (QED) is 0.364. The Bertz CT molecular complexity index is 1270. The van der Waals surface area contributed by atoms with Gasteiger partial charge in [0.15, 0.2) is 12.4 Å². The molecule has 0 atom stereocenters. The Labute approximate surface area is 196 Å². The van der Waals surface area contributed by atoms with E-state index in [1.807, 2.05) is 18.2 Å². The molecule has 4 aromatic rings. The second-order valence-corrected chi connectivity index (χ2v) is 7.36. The molecule has 0 spiro atoms. The van der Waals surface area contributed by atoms with Crippen LogP contribution in [0.5, 0.6) is 5.75 Å². The molecule has 1 aromatic heterocycles. The summed E-state index contributed by atoms with van der Waals surface area (Å²) in [6.07, 6.45) is 1.53. The fraction of sp³-hybridized carbons (Fsp3) is 0.0741. The second kappa shape index (κ2) is 10.8. The lowest BCUT2D eigenvalue weighted by molar-refractivity contribution is -0.118. The summed E-state index contributed by atoms with van der Waals surface area (Å²) < 4.78 is 10.8. The highest BCUT2D eigenvalue weighted by molar-refractivity contribution is 6.09. The monoisotopic (exact) mass is 454 g/mol.